The summed E-state index contributed by atoms with van der Waals surface area (Å²) >= 11 is 1.84. The molecule has 17 heavy (non-hydrogen) atoms. The molecule has 1 unspecified atom stereocenters. The molecule has 0 spiro atoms. The Morgan fingerprint density at radius 1 is 1.12 bits per heavy atom. The second-order valence-corrected chi connectivity index (χ2v) is 6.48. The molecule has 0 aliphatic heterocycles. The zero-order chi connectivity index (χ0) is 11.7. The van der Waals surface area contributed by atoms with Crippen LogP contribution < -0.4 is 0 Å². The molecule has 1 aromatic heterocycles. The third kappa shape index (κ3) is 2.20. The van der Waals surface area contributed by atoms with Crippen LogP contribution in [0.1, 0.15) is 61.3 Å². The highest BCUT2D eigenvalue weighted by Gasteiger charge is 2.32. The summed E-state index contributed by atoms with van der Waals surface area (Å²) in [5, 5.41) is 2.16. The molecule has 1 saturated carbocycles. The van der Waals surface area contributed by atoms with Crippen molar-refractivity contribution in [2.75, 3.05) is 0 Å². The predicted molar refractivity (Wildman–Crippen MR) is 71.6 cm³/mol. The summed E-state index contributed by atoms with van der Waals surface area (Å²) < 4.78 is 0. The first-order valence-electron chi connectivity index (χ1n) is 6.96. The predicted octanol–water partition coefficient (Wildman–Crippen LogP) is 4.32. The first kappa shape index (κ1) is 11.5. The van der Waals surface area contributed by atoms with E-state index in [-0.39, 0.29) is 5.92 Å². The first-order valence-corrected chi connectivity index (χ1v) is 7.84. The van der Waals surface area contributed by atoms with Crippen molar-refractivity contribution in [3.8, 4) is 0 Å². The van der Waals surface area contributed by atoms with Crippen molar-refractivity contribution < 1.29 is 4.79 Å². The lowest BCUT2D eigenvalue weighted by molar-refractivity contribution is -0.125. The van der Waals surface area contributed by atoms with Crippen molar-refractivity contribution in [3.63, 3.8) is 0 Å². The second kappa shape index (κ2) is 4.93. The van der Waals surface area contributed by atoms with Crippen molar-refractivity contribution >= 4 is 17.1 Å². The molecule has 92 valence electrons. The summed E-state index contributed by atoms with van der Waals surface area (Å²) in [6.07, 6.45) is 9.65. The van der Waals surface area contributed by atoms with E-state index >= 15 is 0 Å². The summed E-state index contributed by atoms with van der Waals surface area (Å²) in [6.45, 7) is 0. The fraction of sp³-hybridized carbons (Fsp3) is 0.667. The SMILES string of the molecule is O=C(C1CCCCC1)C1CCCc2sccc21. The van der Waals surface area contributed by atoms with Gasteiger partial charge < -0.3 is 0 Å². The van der Waals surface area contributed by atoms with Gasteiger partial charge in [0.25, 0.3) is 0 Å². The maximum atomic E-state index is 12.6. The Morgan fingerprint density at radius 2 is 1.94 bits per heavy atom. The molecule has 1 aromatic rings. The monoisotopic (exact) mass is 248 g/mol. The van der Waals surface area contributed by atoms with Crippen LogP contribution in [0.25, 0.3) is 0 Å². The number of Topliss-reactive ketones (excluding diaryl/α,β-unsaturated/α-hetero) is 1. The van der Waals surface area contributed by atoms with Gasteiger partial charge in [-0.3, -0.25) is 4.79 Å². The van der Waals surface area contributed by atoms with E-state index in [1.54, 1.807) is 0 Å². The Kier molecular flexibility index (Phi) is 3.32. The third-order valence-electron chi connectivity index (χ3n) is 4.40. The van der Waals surface area contributed by atoms with Gasteiger partial charge in [0.2, 0.25) is 0 Å². The van der Waals surface area contributed by atoms with Crippen molar-refractivity contribution in [3.05, 3.63) is 21.9 Å². The van der Waals surface area contributed by atoms with Crippen LogP contribution in [0, 0.1) is 5.92 Å². The van der Waals surface area contributed by atoms with E-state index in [4.69, 9.17) is 0 Å². The van der Waals surface area contributed by atoms with Gasteiger partial charge in [-0.25, -0.2) is 0 Å². The average Bonchev–Trinajstić information content (AvgIpc) is 2.87. The van der Waals surface area contributed by atoms with Crippen LogP contribution in [0.2, 0.25) is 0 Å². The summed E-state index contributed by atoms with van der Waals surface area (Å²) in [6, 6.07) is 2.20. The molecule has 0 saturated heterocycles. The number of carbonyl (C=O) groups excluding carboxylic acids is 1. The van der Waals surface area contributed by atoms with E-state index in [0.29, 0.717) is 11.7 Å². The van der Waals surface area contributed by atoms with Crippen LogP contribution in [0.4, 0.5) is 0 Å². The van der Waals surface area contributed by atoms with E-state index in [1.165, 1.54) is 42.5 Å². The van der Waals surface area contributed by atoms with Gasteiger partial charge >= 0.3 is 0 Å². The molecule has 1 fully saturated rings. The molecular formula is C15H20OS. The minimum Gasteiger partial charge on any atom is -0.299 e. The second-order valence-electron chi connectivity index (χ2n) is 5.48. The molecule has 1 atom stereocenters. The number of thiophene rings is 1. The Morgan fingerprint density at radius 3 is 2.76 bits per heavy atom. The van der Waals surface area contributed by atoms with Crippen LogP contribution >= 0.6 is 11.3 Å². The standard InChI is InChI=1S/C15H20OS/c16-15(11-5-2-1-3-6-11)13-7-4-8-14-12(13)9-10-17-14/h9-11,13H,1-8H2. The molecule has 1 nitrogen and oxygen atoms in total. The molecule has 0 amide bonds. The molecule has 1 heterocycles. The number of aryl methyl sites for hydroxylation is 1. The van der Waals surface area contributed by atoms with Gasteiger partial charge in [0.15, 0.2) is 0 Å². The van der Waals surface area contributed by atoms with E-state index < -0.39 is 0 Å². The van der Waals surface area contributed by atoms with Gasteiger partial charge in [0, 0.05) is 16.7 Å². The largest absolute Gasteiger partial charge is 0.299 e. The molecule has 0 aromatic carbocycles. The molecule has 2 aliphatic rings. The maximum Gasteiger partial charge on any atom is 0.143 e. The van der Waals surface area contributed by atoms with Gasteiger partial charge in [-0.1, -0.05) is 19.3 Å². The Balaban J connectivity index is 1.79. The summed E-state index contributed by atoms with van der Waals surface area (Å²) in [7, 11) is 0. The van der Waals surface area contributed by atoms with Crippen LogP contribution in [-0.4, -0.2) is 5.78 Å². The van der Waals surface area contributed by atoms with Gasteiger partial charge in [0.1, 0.15) is 5.78 Å². The van der Waals surface area contributed by atoms with Gasteiger partial charge in [-0.2, -0.15) is 0 Å². The Labute approximate surface area is 107 Å². The lowest BCUT2D eigenvalue weighted by atomic mass is 9.76. The molecule has 2 heteroatoms. The smallest absolute Gasteiger partial charge is 0.143 e. The first-order chi connectivity index (χ1) is 8.36. The molecule has 3 rings (SSSR count). The van der Waals surface area contributed by atoms with Crippen LogP contribution in [0.3, 0.4) is 0 Å². The van der Waals surface area contributed by atoms with E-state index in [2.05, 4.69) is 11.4 Å². The van der Waals surface area contributed by atoms with Crippen molar-refractivity contribution in [1.82, 2.24) is 0 Å². The molecule has 0 radical (unpaired) electrons. The zero-order valence-electron chi connectivity index (χ0n) is 10.3. The summed E-state index contributed by atoms with van der Waals surface area (Å²) in [5.41, 5.74) is 1.37. The minimum atomic E-state index is 0.244. The third-order valence-corrected chi connectivity index (χ3v) is 5.40. The van der Waals surface area contributed by atoms with E-state index in [1.807, 2.05) is 11.3 Å². The minimum absolute atomic E-state index is 0.244. The highest BCUT2D eigenvalue weighted by Crippen LogP contribution is 2.39. The number of rotatable bonds is 2. The lowest BCUT2D eigenvalue weighted by Gasteiger charge is -2.28. The normalized spacial score (nSPS) is 25.5. The van der Waals surface area contributed by atoms with Crippen molar-refractivity contribution in [1.29, 1.82) is 0 Å². The van der Waals surface area contributed by atoms with Crippen molar-refractivity contribution in [2.45, 2.75) is 57.3 Å². The Bertz CT molecular complexity index is 401. The number of fused-ring (bicyclic) bond motifs is 1. The Hall–Kier alpha value is -0.630. The molecule has 0 bridgehead atoms. The highest BCUT2D eigenvalue weighted by atomic mass is 32.1. The molecule has 0 N–H and O–H groups in total. The summed E-state index contributed by atoms with van der Waals surface area (Å²) in [4.78, 5) is 14.1. The average molecular weight is 248 g/mol. The number of carbonyl (C=O) groups is 1. The number of ketones is 1. The quantitative estimate of drug-likeness (QED) is 0.762. The number of hydrogen-bond donors (Lipinski definition) is 0. The maximum absolute atomic E-state index is 12.6. The molecule has 2 aliphatic carbocycles. The number of hydrogen-bond acceptors (Lipinski definition) is 2. The van der Waals surface area contributed by atoms with Gasteiger partial charge in [-0.15, -0.1) is 11.3 Å². The highest BCUT2D eigenvalue weighted by molar-refractivity contribution is 7.10. The van der Waals surface area contributed by atoms with Crippen molar-refractivity contribution in [2.24, 2.45) is 5.92 Å². The van der Waals surface area contributed by atoms with Gasteiger partial charge in [0.05, 0.1) is 0 Å². The summed E-state index contributed by atoms with van der Waals surface area (Å²) in [5.74, 6) is 1.18. The van der Waals surface area contributed by atoms with Crippen LogP contribution in [0.5, 0.6) is 0 Å². The van der Waals surface area contributed by atoms with Crippen LogP contribution in [-0.2, 0) is 11.2 Å². The van der Waals surface area contributed by atoms with E-state index in [0.717, 1.165) is 19.3 Å². The zero-order valence-corrected chi connectivity index (χ0v) is 11.1. The lowest BCUT2D eigenvalue weighted by Crippen LogP contribution is -2.26. The molecular weight excluding hydrogens is 228 g/mol. The fourth-order valence-corrected chi connectivity index (χ4v) is 4.44. The van der Waals surface area contributed by atoms with Gasteiger partial charge in [-0.05, 0) is 49.1 Å². The topological polar surface area (TPSA) is 17.1 Å². The fourth-order valence-electron chi connectivity index (χ4n) is 3.45. The van der Waals surface area contributed by atoms with E-state index in [9.17, 15) is 4.79 Å². The van der Waals surface area contributed by atoms with Crippen LogP contribution in [0.15, 0.2) is 11.4 Å².